The molecule has 0 aromatic heterocycles. The quantitative estimate of drug-likeness (QED) is 0.337. The molecule has 60 valence electrons. The van der Waals surface area contributed by atoms with E-state index in [0.717, 1.165) is 23.4 Å². The summed E-state index contributed by atoms with van der Waals surface area (Å²) in [4.78, 5) is 0. The molecule has 0 aliphatic rings. The van der Waals surface area contributed by atoms with Gasteiger partial charge in [-0.1, -0.05) is 13.0 Å². The van der Waals surface area contributed by atoms with Gasteiger partial charge in [0.15, 0.2) is 0 Å². The van der Waals surface area contributed by atoms with Gasteiger partial charge in [-0.05, 0) is 24.1 Å². The molecular weight excluding hydrogens is 138 g/mol. The van der Waals surface area contributed by atoms with Crippen LogP contribution < -0.4 is 17.0 Å². The molecule has 0 saturated heterocycles. The topological polar surface area (TPSA) is 64.1 Å². The van der Waals surface area contributed by atoms with E-state index in [2.05, 4.69) is 5.43 Å². The molecule has 3 nitrogen and oxygen atoms in total. The minimum atomic E-state index is 0.794. The number of hydrazine groups is 1. The average molecular weight is 151 g/mol. The van der Waals surface area contributed by atoms with Gasteiger partial charge in [-0.25, -0.2) is 0 Å². The molecule has 0 bridgehead atoms. The fourth-order valence-electron chi connectivity index (χ4n) is 1.13. The summed E-state index contributed by atoms with van der Waals surface area (Å²) in [5.41, 5.74) is 11.1. The predicted molar refractivity (Wildman–Crippen MR) is 48.0 cm³/mol. The van der Waals surface area contributed by atoms with Crippen molar-refractivity contribution in [3.8, 4) is 0 Å². The van der Waals surface area contributed by atoms with Crippen molar-refractivity contribution in [2.24, 2.45) is 5.84 Å². The fourth-order valence-corrected chi connectivity index (χ4v) is 1.13. The predicted octanol–water partition coefficient (Wildman–Crippen LogP) is 1.12. The van der Waals surface area contributed by atoms with Crippen LogP contribution in [0.1, 0.15) is 12.5 Å². The molecule has 0 aliphatic carbocycles. The Bertz CT molecular complexity index is 245. The maximum Gasteiger partial charge on any atom is 0.0537 e. The van der Waals surface area contributed by atoms with Crippen LogP contribution in [-0.4, -0.2) is 0 Å². The maximum absolute atomic E-state index is 5.71. The minimum absolute atomic E-state index is 0.794. The van der Waals surface area contributed by atoms with Crippen LogP contribution in [0.25, 0.3) is 0 Å². The number of hydrogen-bond donors (Lipinski definition) is 3. The third-order valence-corrected chi connectivity index (χ3v) is 1.72. The van der Waals surface area contributed by atoms with Gasteiger partial charge < -0.3 is 11.2 Å². The van der Waals surface area contributed by atoms with Crippen molar-refractivity contribution in [2.75, 3.05) is 11.2 Å². The SMILES string of the molecule is CCc1c(N)cccc1NN. The molecule has 0 heterocycles. The first-order chi connectivity index (χ1) is 5.29. The van der Waals surface area contributed by atoms with E-state index in [4.69, 9.17) is 11.6 Å². The third kappa shape index (κ3) is 1.43. The molecule has 0 amide bonds. The summed E-state index contributed by atoms with van der Waals surface area (Å²) in [6.07, 6.45) is 0.895. The lowest BCUT2D eigenvalue weighted by molar-refractivity contribution is 1.13. The van der Waals surface area contributed by atoms with Crippen LogP contribution >= 0.6 is 0 Å². The molecule has 0 saturated carbocycles. The lowest BCUT2D eigenvalue weighted by Gasteiger charge is -2.08. The van der Waals surface area contributed by atoms with E-state index in [1.807, 2.05) is 25.1 Å². The number of anilines is 2. The Morgan fingerprint density at radius 1 is 1.45 bits per heavy atom. The molecule has 1 rings (SSSR count). The van der Waals surface area contributed by atoms with Crippen LogP contribution in [0.3, 0.4) is 0 Å². The molecule has 1 aromatic rings. The molecule has 1 aromatic carbocycles. The van der Waals surface area contributed by atoms with E-state index in [9.17, 15) is 0 Å². The average Bonchev–Trinajstić information content (AvgIpc) is 2.04. The summed E-state index contributed by atoms with van der Waals surface area (Å²) in [7, 11) is 0. The van der Waals surface area contributed by atoms with Gasteiger partial charge in [0.05, 0.1) is 5.69 Å². The van der Waals surface area contributed by atoms with Crippen molar-refractivity contribution >= 4 is 11.4 Å². The van der Waals surface area contributed by atoms with Crippen molar-refractivity contribution in [3.05, 3.63) is 23.8 Å². The van der Waals surface area contributed by atoms with Gasteiger partial charge >= 0.3 is 0 Å². The number of nitrogens with one attached hydrogen (secondary N) is 1. The van der Waals surface area contributed by atoms with E-state index < -0.39 is 0 Å². The lowest BCUT2D eigenvalue weighted by Crippen LogP contribution is -2.10. The lowest BCUT2D eigenvalue weighted by atomic mass is 10.1. The van der Waals surface area contributed by atoms with E-state index in [-0.39, 0.29) is 0 Å². The second-order valence-corrected chi connectivity index (χ2v) is 2.37. The Morgan fingerprint density at radius 2 is 2.18 bits per heavy atom. The van der Waals surface area contributed by atoms with Gasteiger partial charge in [-0.3, -0.25) is 5.84 Å². The van der Waals surface area contributed by atoms with Crippen LogP contribution in [0.15, 0.2) is 18.2 Å². The molecule has 0 spiro atoms. The molecule has 0 atom stereocenters. The number of rotatable bonds is 2. The molecule has 0 unspecified atom stereocenters. The van der Waals surface area contributed by atoms with E-state index in [0.29, 0.717) is 0 Å². The van der Waals surface area contributed by atoms with Gasteiger partial charge in [0.2, 0.25) is 0 Å². The van der Waals surface area contributed by atoms with Crippen molar-refractivity contribution < 1.29 is 0 Å². The molecular formula is C8H13N3. The maximum atomic E-state index is 5.71. The van der Waals surface area contributed by atoms with Crippen LogP contribution in [0.5, 0.6) is 0 Å². The summed E-state index contributed by atoms with van der Waals surface area (Å²) in [6.45, 7) is 2.05. The van der Waals surface area contributed by atoms with E-state index in [1.54, 1.807) is 0 Å². The number of benzene rings is 1. The highest BCUT2D eigenvalue weighted by Crippen LogP contribution is 2.20. The van der Waals surface area contributed by atoms with Gasteiger partial charge in [0, 0.05) is 5.69 Å². The van der Waals surface area contributed by atoms with E-state index >= 15 is 0 Å². The Balaban J connectivity index is 3.13. The second kappa shape index (κ2) is 3.25. The van der Waals surface area contributed by atoms with Crippen LogP contribution in [0, 0.1) is 0 Å². The van der Waals surface area contributed by atoms with Crippen molar-refractivity contribution in [1.29, 1.82) is 0 Å². The number of nitrogens with two attached hydrogens (primary N) is 2. The number of nitrogen functional groups attached to an aromatic ring is 2. The molecule has 0 aliphatic heterocycles. The van der Waals surface area contributed by atoms with Crippen molar-refractivity contribution in [3.63, 3.8) is 0 Å². The molecule has 0 radical (unpaired) electrons. The largest absolute Gasteiger partial charge is 0.398 e. The first kappa shape index (κ1) is 7.88. The van der Waals surface area contributed by atoms with Gasteiger partial charge in [0.1, 0.15) is 0 Å². The molecule has 0 fully saturated rings. The molecule has 5 N–H and O–H groups in total. The number of hydrogen-bond acceptors (Lipinski definition) is 3. The highest BCUT2D eigenvalue weighted by Gasteiger charge is 2.00. The summed E-state index contributed by atoms with van der Waals surface area (Å²) >= 11 is 0. The minimum Gasteiger partial charge on any atom is -0.398 e. The van der Waals surface area contributed by atoms with Gasteiger partial charge in [-0.15, -0.1) is 0 Å². The van der Waals surface area contributed by atoms with E-state index in [1.165, 1.54) is 0 Å². The van der Waals surface area contributed by atoms with Crippen LogP contribution in [-0.2, 0) is 6.42 Å². The smallest absolute Gasteiger partial charge is 0.0537 e. The van der Waals surface area contributed by atoms with Gasteiger partial charge in [0.25, 0.3) is 0 Å². The zero-order valence-electron chi connectivity index (χ0n) is 6.59. The third-order valence-electron chi connectivity index (χ3n) is 1.72. The monoisotopic (exact) mass is 151 g/mol. The summed E-state index contributed by atoms with van der Waals surface area (Å²) in [5.74, 6) is 5.29. The Kier molecular flexibility index (Phi) is 2.33. The zero-order chi connectivity index (χ0) is 8.27. The second-order valence-electron chi connectivity index (χ2n) is 2.37. The first-order valence-corrected chi connectivity index (χ1v) is 3.63. The highest BCUT2D eigenvalue weighted by molar-refractivity contribution is 5.62. The standard InChI is InChI=1S/C8H13N3/c1-2-6-7(9)4-3-5-8(6)11-10/h3-5,11H,2,9-10H2,1H3. The first-order valence-electron chi connectivity index (χ1n) is 3.63. The van der Waals surface area contributed by atoms with Gasteiger partial charge in [-0.2, -0.15) is 0 Å². The normalized spacial score (nSPS) is 9.64. The Hall–Kier alpha value is -1.22. The summed E-state index contributed by atoms with van der Waals surface area (Å²) in [5, 5.41) is 0. The molecule has 11 heavy (non-hydrogen) atoms. The van der Waals surface area contributed by atoms with Crippen molar-refractivity contribution in [2.45, 2.75) is 13.3 Å². The molecule has 3 heteroatoms. The Morgan fingerprint density at radius 3 is 2.64 bits per heavy atom. The highest BCUT2D eigenvalue weighted by atomic mass is 15.2. The Labute approximate surface area is 66.4 Å². The van der Waals surface area contributed by atoms with Crippen LogP contribution in [0.4, 0.5) is 11.4 Å². The zero-order valence-corrected chi connectivity index (χ0v) is 6.59. The van der Waals surface area contributed by atoms with Crippen molar-refractivity contribution in [1.82, 2.24) is 0 Å². The summed E-state index contributed by atoms with van der Waals surface area (Å²) < 4.78 is 0. The summed E-state index contributed by atoms with van der Waals surface area (Å²) in [6, 6.07) is 5.67. The fraction of sp³-hybridized carbons (Fsp3) is 0.250. The van der Waals surface area contributed by atoms with Crippen LogP contribution in [0.2, 0.25) is 0 Å².